The van der Waals surface area contributed by atoms with Crippen LogP contribution in [0.1, 0.15) is 33.6 Å². The van der Waals surface area contributed by atoms with Crippen LogP contribution < -0.4 is 0 Å². The predicted molar refractivity (Wildman–Crippen MR) is 65.0 cm³/mol. The molecule has 18 heavy (non-hydrogen) atoms. The Labute approximate surface area is 106 Å². The molecule has 0 aromatic carbocycles. The average molecular weight is 256 g/mol. The van der Waals surface area contributed by atoms with E-state index in [2.05, 4.69) is 5.16 Å². The van der Waals surface area contributed by atoms with Crippen molar-refractivity contribution in [1.82, 2.24) is 0 Å². The summed E-state index contributed by atoms with van der Waals surface area (Å²) in [7, 11) is 0.770. The van der Waals surface area contributed by atoms with Crippen LogP contribution in [0, 0.1) is 5.31 Å². The summed E-state index contributed by atoms with van der Waals surface area (Å²) in [5, 5.41) is 28.0. The Morgan fingerprint density at radius 3 is 2.28 bits per heavy atom. The number of nitrogens with one attached hydrogen (secondary N) is 1. The van der Waals surface area contributed by atoms with Crippen molar-refractivity contribution in [2.75, 3.05) is 0 Å². The van der Waals surface area contributed by atoms with Gasteiger partial charge in [0.15, 0.2) is 0 Å². The first-order valence-corrected chi connectivity index (χ1v) is 5.39. The monoisotopic (exact) mass is 256 g/mol. The van der Waals surface area contributed by atoms with Crippen molar-refractivity contribution in [2.45, 2.75) is 45.0 Å². The van der Waals surface area contributed by atoms with Gasteiger partial charge in [0.2, 0.25) is 0 Å². The maximum atomic E-state index is 10.9. The molecule has 0 aliphatic heterocycles. The minimum absolute atomic E-state index is 0.00251. The summed E-state index contributed by atoms with van der Waals surface area (Å²) in [6.07, 6.45) is -0.0742. The molecule has 1 atom stereocenters. The van der Waals surface area contributed by atoms with Gasteiger partial charge in [0.05, 0.1) is 0 Å². The standard InChI is InChI=1S/C10H17BN2O5/c1-10(2,3)18-13-7(9(16)17)5-4-6(11-12)8(14)15/h6,12H,4-5H2,1-3H3,(H,14,15)(H,16,17)/b13-7+. The van der Waals surface area contributed by atoms with Crippen LogP contribution in [0.3, 0.4) is 0 Å². The second-order valence-corrected chi connectivity index (χ2v) is 4.70. The number of aliphatic carboxylic acids is 2. The van der Waals surface area contributed by atoms with Crippen LogP contribution in [-0.2, 0) is 14.4 Å². The summed E-state index contributed by atoms with van der Waals surface area (Å²) < 4.78 is 0. The second kappa shape index (κ2) is 6.88. The third-order valence-corrected chi connectivity index (χ3v) is 1.89. The normalized spacial score (nSPS) is 13.6. The molecule has 0 heterocycles. The summed E-state index contributed by atoms with van der Waals surface area (Å²) >= 11 is 0. The van der Waals surface area contributed by atoms with Crippen LogP contribution in [0.4, 0.5) is 0 Å². The maximum absolute atomic E-state index is 10.9. The summed E-state index contributed by atoms with van der Waals surface area (Å²) in [6.45, 7) is 5.15. The van der Waals surface area contributed by atoms with E-state index in [4.69, 9.17) is 20.4 Å². The fourth-order valence-electron chi connectivity index (χ4n) is 0.954. The van der Waals surface area contributed by atoms with Crippen LogP contribution in [0.5, 0.6) is 0 Å². The molecular weight excluding hydrogens is 239 g/mol. The van der Waals surface area contributed by atoms with Crippen molar-refractivity contribution in [2.24, 2.45) is 5.16 Å². The number of carboxylic acids is 2. The third-order valence-electron chi connectivity index (χ3n) is 1.89. The first-order valence-electron chi connectivity index (χ1n) is 5.39. The number of carbonyl (C=O) groups is 2. The van der Waals surface area contributed by atoms with Gasteiger partial charge in [-0.1, -0.05) is 0 Å². The number of oxime groups is 1. The molecular formula is C10H17BN2O5. The first-order chi connectivity index (χ1) is 8.17. The molecule has 0 amide bonds. The number of carboxylic acid groups (broad SMARTS) is 2. The SMILES string of the molecule is CC(C)(C)O/N=C(\CCC(B=N)C(=O)O)C(=O)O. The van der Waals surface area contributed by atoms with Gasteiger partial charge in [0.25, 0.3) is 0 Å². The zero-order valence-corrected chi connectivity index (χ0v) is 10.6. The predicted octanol–water partition coefficient (Wildman–Crippen LogP) is 1.36. The van der Waals surface area contributed by atoms with Gasteiger partial charge in [-0.3, -0.25) is 0 Å². The summed E-state index contributed by atoms with van der Waals surface area (Å²) in [4.78, 5) is 26.5. The van der Waals surface area contributed by atoms with Gasteiger partial charge in [0.1, 0.15) is 0 Å². The van der Waals surface area contributed by atoms with Gasteiger partial charge in [0, 0.05) is 0 Å². The fourth-order valence-corrected chi connectivity index (χ4v) is 0.954. The number of rotatable bonds is 7. The zero-order chi connectivity index (χ0) is 14.3. The van der Waals surface area contributed by atoms with Crippen molar-refractivity contribution in [3.05, 3.63) is 0 Å². The number of hydrogen-bond donors (Lipinski definition) is 3. The summed E-state index contributed by atoms with van der Waals surface area (Å²) in [6, 6.07) is 0. The van der Waals surface area contributed by atoms with E-state index in [-0.39, 0.29) is 18.6 Å². The van der Waals surface area contributed by atoms with Crippen LogP contribution in [0.25, 0.3) is 0 Å². The molecule has 3 N–H and O–H groups in total. The van der Waals surface area contributed by atoms with E-state index in [0.29, 0.717) is 0 Å². The van der Waals surface area contributed by atoms with Crippen LogP contribution in [0.2, 0.25) is 5.82 Å². The summed E-state index contributed by atoms with van der Waals surface area (Å²) in [5.74, 6) is -3.43. The Bertz CT molecular complexity index is 362. The van der Waals surface area contributed by atoms with Crippen molar-refractivity contribution < 1.29 is 24.6 Å². The molecule has 0 aromatic heterocycles. The van der Waals surface area contributed by atoms with E-state index in [9.17, 15) is 9.59 Å². The Balaban J connectivity index is 4.60. The van der Waals surface area contributed by atoms with Gasteiger partial charge in [-0.25, -0.2) is 0 Å². The van der Waals surface area contributed by atoms with Crippen molar-refractivity contribution in [3.8, 4) is 0 Å². The molecule has 1 unspecified atom stereocenters. The molecule has 0 aromatic rings. The van der Waals surface area contributed by atoms with E-state index in [1.165, 1.54) is 0 Å². The molecule has 0 fully saturated rings. The fraction of sp³-hybridized carbons (Fsp3) is 0.700. The average Bonchev–Trinajstić information content (AvgIpc) is 2.20. The molecule has 0 aliphatic rings. The number of hydrogen-bond acceptors (Lipinski definition) is 5. The van der Waals surface area contributed by atoms with E-state index in [0.717, 1.165) is 7.07 Å². The van der Waals surface area contributed by atoms with E-state index >= 15 is 0 Å². The van der Waals surface area contributed by atoms with E-state index < -0.39 is 23.4 Å². The first kappa shape index (κ1) is 16.3. The van der Waals surface area contributed by atoms with Crippen LogP contribution >= 0.6 is 0 Å². The minimum atomic E-state index is -1.26. The molecule has 7 nitrogen and oxygen atoms in total. The topological polar surface area (TPSA) is 120 Å². The Hall–Kier alpha value is -1.73. The zero-order valence-electron chi connectivity index (χ0n) is 10.6. The van der Waals surface area contributed by atoms with Crippen molar-refractivity contribution in [3.63, 3.8) is 0 Å². The molecule has 100 valence electrons. The van der Waals surface area contributed by atoms with Gasteiger partial charge < -0.3 is 0 Å². The molecule has 0 saturated carbocycles. The van der Waals surface area contributed by atoms with Crippen LogP contribution in [-0.4, -0.2) is 40.5 Å². The van der Waals surface area contributed by atoms with E-state index in [1.54, 1.807) is 20.8 Å². The molecule has 0 aliphatic carbocycles. The third kappa shape index (κ3) is 6.77. The molecule has 0 rings (SSSR count). The van der Waals surface area contributed by atoms with Crippen molar-refractivity contribution in [1.29, 1.82) is 5.31 Å². The van der Waals surface area contributed by atoms with Crippen LogP contribution in [0.15, 0.2) is 5.16 Å². The second-order valence-electron chi connectivity index (χ2n) is 4.70. The summed E-state index contributed by atoms with van der Waals surface area (Å²) in [5.41, 5.74) is -0.868. The van der Waals surface area contributed by atoms with Gasteiger partial charge in [-0.15, -0.1) is 0 Å². The number of nitrogens with zero attached hydrogens (tertiary/aromatic N) is 1. The molecule has 8 heteroatoms. The molecule has 0 radical (unpaired) electrons. The molecule has 0 spiro atoms. The quantitative estimate of drug-likeness (QED) is 0.361. The van der Waals surface area contributed by atoms with Gasteiger partial charge in [-0.05, 0) is 0 Å². The van der Waals surface area contributed by atoms with Crippen molar-refractivity contribution >= 4 is 24.7 Å². The van der Waals surface area contributed by atoms with Gasteiger partial charge in [-0.2, -0.15) is 0 Å². The van der Waals surface area contributed by atoms with E-state index in [1.807, 2.05) is 0 Å². The Morgan fingerprint density at radius 1 is 1.39 bits per heavy atom. The van der Waals surface area contributed by atoms with Gasteiger partial charge >= 0.3 is 105 Å². The molecule has 0 bridgehead atoms. The molecule has 0 saturated heterocycles. The Kier molecular flexibility index (Phi) is 6.22. The Morgan fingerprint density at radius 2 is 1.94 bits per heavy atom.